The zero-order valence-electron chi connectivity index (χ0n) is 11.5. The highest BCUT2D eigenvalue weighted by Crippen LogP contribution is 2.29. The lowest BCUT2D eigenvalue weighted by atomic mass is 9.89. The van der Waals surface area contributed by atoms with Gasteiger partial charge in [-0.25, -0.2) is 4.98 Å². The largest absolute Gasteiger partial charge is 0.387 e. The number of piperidine rings is 1. The summed E-state index contributed by atoms with van der Waals surface area (Å²) in [6.45, 7) is 1.21. The van der Waals surface area contributed by atoms with Crippen LogP contribution in [-0.4, -0.2) is 49.2 Å². The highest BCUT2D eigenvalue weighted by atomic mass is 16.3. The maximum absolute atomic E-state index is 12.1. The van der Waals surface area contributed by atoms with Crippen molar-refractivity contribution in [3.05, 3.63) is 42.2 Å². The van der Waals surface area contributed by atoms with Crippen molar-refractivity contribution in [3.63, 3.8) is 0 Å². The monoisotopic (exact) mass is 287 g/mol. The summed E-state index contributed by atoms with van der Waals surface area (Å²) in [6, 6.07) is 5.53. The molecule has 0 aromatic carbocycles. The first-order valence-corrected chi connectivity index (χ1v) is 6.99. The highest BCUT2D eigenvalue weighted by Gasteiger charge is 2.29. The molecule has 2 N–H and O–H groups in total. The van der Waals surface area contributed by atoms with Gasteiger partial charge in [0, 0.05) is 19.3 Å². The molecule has 110 valence electrons. The van der Waals surface area contributed by atoms with E-state index in [4.69, 9.17) is 0 Å². The fourth-order valence-corrected chi connectivity index (χ4v) is 2.67. The summed E-state index contributed by atoms with van der Waals surface area (Å²) >= 11 is 0. The third-order valence-corrected chi connectivity index (χ3v) is 3.88. The number of amides is 1. The SMILES string of the molecule is O=C(c1ncn[nH]1)N1CCC([C@H](O)c2ccccn2)CC1. The number of nitrogens with zero attached hydrogens (tertiary/aromatic N) is 4. The van der Waals surface area contributed by atoms with E-state index in [0.717, 1.165) is 12.8 Å². The molecule has 0 bridgehead atoms. The number of nitrogens with one attached hydrogen (secondary N) is 1. The van der Waals surface area contributed by atoms with Crippen LogP contribution in [0.2, 0.25) is 0 Å². The summed E-state index contributed by atoms with van der Waals surface area (Å²) in [5, 5.41) is 16.6. The second-order valence-corrected chi connectivity index (χ2v) is 5.16. The molecule has 2 aromatic heterocycles. The van der Waals surface area contributed by atoms with Crippen LogP contribution in [0.5, 0.6) is 0 Å². The van der Waals surface area contributed by atoms with Gasteiger partial charge in [0.15, 0.2) is 0 Å². The van der Waals surface area contributed by atoms with E-state index in [1.54, 1.807) is 11.1 Å². The van der Waals surface area contributed by atoms with Crippen molar-refractivity contribution in [1.82, 2.24) is 25.1 Å². The molecule has 7 heteroatoms. The topological polar surface area (TPSA) is 95.0 Å². The summed E-state index contributed by atoms with van der Waals surface area (Å²) < 4.78 is 0. The lowest BCUT2D eigenvalue weighted by Gasteiger charge is -2.33. The standard InChI is InChI=1S/C14H17N5O2/c20-12(11-3-1-2-6-15-11)10-4-7-19(8-5-10)14(21)13-16-9-17-18-13/h1-3,6,9-10,12,20H,4-5,7-8H2,(H,16,17,18)/t12-/m0/s1. The van der Waals surface area contributed by atoms with Gasteiger partial charge in [0.2, 0.25) is 5.82 Å². The van der Waals surface area contributed by atoms with Crippen molar-refractivity contribution < 1.29 is 9.90 Å². The van der Waals surface area contributed by atoms with E-state index in [9.17, 15) is 9.90 Å². The third-order valence-electron chi connectivity index (χ3n) is 3.88. The van der Waals surface area contributed by atoms with Crippen LogP contribution in [-0.2, 0) is 0 Å². The molecule has 21 heavy (non-hydrogen) atoms. The van der Waals surface area contributed by atoms with Crippen LogP contribution in [0.1, 0.15) is 35.3 Å². The molecule has 0 aliphatic carbocycles. The van der Waals surface area contributed by atoms with E-state index in [2.05, 4.69) is 20.2 Å². The number of aromatic amines is 1. The molecule has 1 aliphatic heterocycles. The number of aliphatic hydroxyl groups excluding tert-OH is 1. The van der Waals surface area contributed by atoms with E-state index in [0.29, 0.717) is 18.8 Å². The van der Waals surface area contributed by atoms with Gasteiger partial charge in [0.05, 0.1) is 11.8 Å². The Kier molecular flexibility index (Phi) is 3.92. The van der Waals surface area contributed by atoms with Crippen molar-refractivity contribution in [2.24, 2.45) is 5.92 Å². The van der Waals surface area contributed by atoms with E-state index in [-0.39, 0.29) is 17.6 Å². The predicted octanol–water partition coefficient (Wildman–Crippen LogP) is 0.786. The van der Waals surface area contributed by atoms with Gasteiger partial charge in [-0.1, -0.05) is 6.07 Å². The Balaban J connectivity index is 1.59. The minimum atomic E-state index is -0.575. The Morgan fingerprint density at radius 3 is 2.76 bits per heavy atom. The second kappa shape index (κ2) is 6.01. The number of hydrogen-bond donors (Lipinski definition) is 2. The van der Waals surface area contributed by atoms with Crippen LogP contribution in [0.25, 0.3) is 0 Å². The van der Waals surface area contributed by atoms with Crippen molar-refractivity contribution in [2.45, 2.75) is 18.9 Å². The molecule has 1 saturated heterocycles. The van der Waals surface area contributed by atoms with Gasteiger partial charge in [0.1, 0.15) is 6.33 Å². The lowest BCUT2D eigenvalue weighted by molar-refractivity contribution is 0.0440. The second-order valence-electron chi connectivity index (χ2n) is 5.16. The summed E-state index contributed by atoms with van der Waals surface area (Å²) in [7, 11) is 0. The smallest absolute Gasteiger partial charge is 0.291 e. The van der Waals surface area contributed by atoms with Crippen LogP contribution >= 0.6 is 0 Å². The molecule has 0 saturated carbocycles. The van der Waals surface area contributed by atoms with Crippen molar-refractivity contribution in [2.75, 3.05) is 13.1 Å². The molecule has 0 radical (unpaired) electrons. The number of rotatable bonds is 3. The first kappa shape index (κ1) is 13.7. The molecule has 3 heterocycles. The molecule has 1 aliphatic rings. The Hall–Kier alpha value is -2.28. The van der Waals surface area contributed by atoms with Gasteiger partial charge in [-0.05, 0) is 30.9 Å². The number of H-pyrrole nitrogens is 1. The van der Waals surface area contributed by atoms with E-state index in [1.807, 2.05) is 18.2 Å². The van der Waals surface area contributed by atoms with Crippen LogP contribution < -0.4 is 0 Å². The lowest BCUT2D eigenvalue weighted by Crippen LogP contribution is -2.40. The van der Waals surface area contributed by atoms with Crippen LogP contribution in [0, 0.1) is 5.92 Å². The number of carbonyl (C=O) groups excluding carboxylic acids is 1. The minimum absolute atomic E-state index is 0.124. The Labute approximate surface area is 122 Å². The first-order valence-electron chi connectivity index (χ1n) is 6.99. The molecule has 1 atom stereocenters. The quantitative estimate of drug-likeness (QED) is 0.870. The predicted molar refractivity (Wildman–Crippen MR) is 74.2 cm³/mol. The molecular weight excluding hydrogens is 270 g/mol. The van der Waals surface area contributed by atoms with E-state index >= 15 is 0 Å². The average Bonchev–Trinajstić information content (AvgIpc) is 3.09. The number of likely N-dealkylation sites (tertiary alicyclic amines) is 1. The molecular formula is C14H17N5O2. The normalized spacial score (nSPS) is 17.7. The van der Waals surface area contributed by atoms with Gasteiger partial charge in [-0.2, -0.15) is 5.10 Å². The minimum Gasteiger partial charge on any atom is -0.387 e. The summed E-state index contributed by atoms with van der Waals surface area (Å²) in [5.41, 5.74) is 0.692. The van der Waals surface area contributed by atoms with Gasteiger partial charge >= 0.3 is 0 Å². The van der Waals surface area contributed by atoms with Crippen molar-refractivity contribution >= 4 is 5.91 Å². The average molecular weight is 287 g/mol. The number of pyridine rings is 1. The molecule has 1 amide bonds. The molecule has 2 aromatic rings. The fourth-order valence-electron chi connectivity index (χ4n) is 2.67. The van der Waals surface area contributed by atoms with E-state index in [1.165, 1.54) is 6.33 Å². The Morgan fingerprint density at radius 2 is 2.14 bits per heavy atom. The summed E-state index contributed by atoms with van der Waals surface area (Å²) in [4.78, 5) is 21.9. The van der Waals surface area contributed by atoms with Gasteiger partial charge in [-0.3, -0.25) is 14.9 Å². The Morgan fingerprint density at radius 1 is 1.33 bits per heavy atom. The van der Waals surface area contributed by atoms with Gasteiger partial charge < -0.3 is 10.0 Å². The maximum Gasteiger partial charge on any atom is 0.291 e. The molecule has 0 spiro atoms. The first-order chi connectivity index (χ1) is 10.3. The number of carbonyl (C=O) groups is 1. The van der Waals surface area contributed by atoms with Gasteiger partial charge in [0.25, 0.3) is 5.91 Å². The molecule has 0 unspecified atom stereocenters. The highest BCUT2D eigenvalue weighted by molar-refractivity contribution is 5.90. The van der Waals surface area contributed by atoms with E-state index < -0.39 is 6.10 Å². The molecule has 1 fully saturated rings. The zero-order valence-corrected chi connectivity index (χ0v) is 11.5. The fraction of sp³-hybridized carbons (Fsp3) is 0.429. The van der Waals surface area contributed by atoms with Gasteiger partial charge in [-0.15, -0.1) is 0 Å². The maximum atomic E-state index is 12.1. The van der Waals surface area contributed by atoms with Crippen molar-refractivity contribution in [1.29, 1.82) is 0 Å². The third kappa shape index (κ3) is 2.92. The number of aromatic nitrogens is 4. The van der Waals surface area contributed by atoms with Crippen LogP contribution in [0.4, 0.5) is 0 Å². The summed E-state index contributed by atoms with van der Waals surface area (Å²) in [5.74, 6) is 0.246. The molecule has 7 nitrogen and oxygen atoms in total. The number of hydrogen-bond acceptors (Lipinski definition) is 5. The summed E-state index contributed by atoms with van der Waals surface area (Å²) in [6.07, 6.45) is 3.93. The molecule has 3 rings (SSSR count). The Bertz CT molecular complexity index is 579. The zero-order chi connectivity index (χ0) is 14.7. The number of aliphatic hydroxyl groups is 1. The van der Waals surface area contributed by atoms with Crippen LogP contribution in [0.3, 0.4) is 0 Å². The van der Waals surface area contributed by atoms with Crippen molar-refractivity contribution in [3.8, 4) is 0 Å². The van der Waals surface area contributed by atoms with Crippen LogP contribution in [0.15, 0.2) is 30.7 Å².